The van der Waals surface area contributed by atoms with Crippen molar-refractivity contribution in [1.82, 2.24) is 10.3 Å². The van der Waals surface area contributed by atoms with Crippen LogP contribution in [0.2, 0.25) is 0 Å². The molecule has 0 spiro atoms. The lowest BCUT2D eigenvalue weighted by Crippen LogP contribution is -2.46. The van der Waals surface area contributed by atoms with E-state index in [0.717, 1.165) is 16.5 Å². The second kappa shape index (κ2) is 7.69. The standard InChI is InChI=1S/C19H18N4O4/c20-19(25)17(10-13-11-21-16-7-2-1-6-15(13)16)22-18(24)9-12-4-3-5-14(8-12)23(26)27/h1-8,11,17,21H,9-10H2,(H2,20,25)(H,22,24)/t17-/m1/s1. The zero-order valence-electron chi connectivity index (χ0n) is 14.3. The fraction of sp³-hybridized carbons (Fsp3) is 0.158. The molecule has 2 amide bonds. The number of non-ortho nitro benzene ring substituents is 1. The summed E-state index contributed by atoms with van der Waals surface area (Å²) in [7, 11) is 0. The van der Waals surface area contributed by atoms with E-state index in [4.69, 9.17) is 5.73 Å². The van der Waals surface area contributed by atoms with Crippen LogP contribution in [0.15, 0.2) is 54.7 Å². The summed E-state index contributed by atoms with van der Waals surface area (Å²) in [6, 6.07) is 12.6. The van der Waals surface area contributed by atoms with Crippen LogP contribution in [0.4, 0.5) is 5.69 Å². The minimum atomic E-state index is -0.879. The van der Waals surface area contributed by atoms with Gasteiger partial charge in [0, 0.05) is 35.7 Å². The number of primary amides is 1. The molecule has 0 aliphatic rings. The molecule has 0 bridgehead atoms. The normalized spacial score (nSPS) is 11.9. The average molecular weight is 366 g/mol. The Hall–Kier alpha value is -3.68. The Balaban J connectivity index is 1.71. The number of nitrogens with one attached hydrogen (secondary N) is 2. The largest absolute Gasteiger partial charge is 0.368 e. The van der Waals surface area contributed by atoms with Crippen molar-refractivity contribution in [2.45, 2.75) is 18.9 Å². The molecule has 0 saturated heterocycles. The summed E-state index contributed by atoms with van der Waals surface area (Å²) >= 11 is 0. The number of hydrogen-bond donors (Lipinski definition) is 3. The van der Waals surface area contributed by atoms with Crippen LogP contribution in [-0.4, -0.2) is 27.8 Å². The zero-order chi connectivity index (χ0) is 19.4. The SMILES string of the molecule is NC(=O)[C@@H](Cc1c[nH]c2ccccc12)NC(=O)Cc1cccc([N+](=O)[O-])c1. The molecule has 8 nitrogen and oxygen atoms in total. The summed E-state index contributed by atoms with van der Waals surface area (Å²) < 4.78 is 0. The molecule has 3 aromatic rings. The number of nitro groups is 1. The molecule has 0 unspecified atom stereocenters. The van der Waals surface area contributed by atoms with Gasteiger partial charge in [-0.1, -0.05) is 30.3 Å². The highest BCUT2D eigenvalue weighted by Gasteiger charge is 2.20. The summed E-state index contributed by atoms with van der Waals surface area (Å²) in [5, 5.41) is 14.4. The summed E-state index contributed by atoms with van der Waals surface area (Å²) in [5.74, 6) is -1.08. The van der Waals surface area contributed by atoms with Gasteiger partial charge in [-0.2, -0.15) is 0 Å². The third-order valence-corrected chi connectivity index (χ3v) is 4.26. The number of carbonyl (C=O) groups excluding carboxylic acids is 2. The Labute approximate surface area is 154 Å². The maximum absolute atomic E-state index is 12.3. The number of H-pyrrole nitrogens is 1. The first kappa shape index (κ1) is 18.1. The van der Waals surface area contributed by atoms with E-state index in [-0.39, 0.29) is 18.5 Å². The van der Waals surface area contributed by atoms with Crippen LogP contribution in [0, 0.1) is 10.1 Å². The van der Waals surface area contributed by atoms with Gasteiger partial charge in [-0.15, -0.1) is 0 Å². The van der Waals surface area contributed by atoms with Gasteiger partial charge in [-0.25, -0.2) is 0 Å². The monoisotopic (exact) mass is 366 g/mol. The van der Waals surface area contributed by atoms with Crippen molar-refractivity contribution in [3.63, 3.8) is 0 Å². The molecule has 2 aromatic carbocycles. The zero-order valence-corrected chi connectivity index (χ0v) is 14.3. The molecule has 1 atom stereocenters. The van der Waals surface area contributed by atoms with Crippen LogP contribution >= 0.6 is 0 Å². The van der Waals surface area contributed by atoms with Crippen molar-refractivity contribution in [3.8, 4) is 0 Å². The lowest BCUT2D eigenvalue weighted by atomic mass is 10.0. The van der Waals surface area contributed by atoms with Crippen LogP contribution in [0.25, 0.3) is 10.9 Å². The van der Waals surface area contributed by atoms with Gasteiger partial charge in [0.1, 0.15) is 6.04 Å². The first-order chi connectivity index (χ1) is 12.9. The van der Waals surface area contributed by atoms with E-state index in [1.54, 1.807) is 12.3 Å². The number of benzene rings is 2. The van der Waals surface area contributed by atoms with E-state index in [2.05, 4.69) is 10.3 Å². The Morgan fingerprint density at radius 2 is 1.96 bits per heavy atom. The Morgan fingerprint density at radius 1 is 1.19 bits per heavy atom. The smallest absolute Gasteiger partial charge is 0.269 e. The number of aromatic amines is 1. The van der Waals surface area contributed by atoms with Gasteiger partial charge in [0.25, 0.3) is 5.69 Å². The molecule has 0 fully saturated rings. The van der Waals surface area contributed by atoms with Crippen molar-refractivity contribution in [3.05, 3.63) is 76.0 Å². The summed E-state index contributed by atoms with van der Waals surface area (Å²) in [5.41, 5.74) is 7.64. The number of nitrogens with zero attached hydrogens (tertiary/aromatic N) is 1. The number of nitro benzene ring substituents is 1. The number of hydrogen-bond acceptors (Lipinski definition) is 4. The lowest BCUT2D eigenvalue weighted by Gasteiger charge is -2.15. The minimum absolute atomic E-state index is 0.0840. The van der Waals surface area contributed by atoms with Crippen molar-refractivity contribution < 1.29 is 14.5 Å². The number of aromatic nitrogens is 1. The molecule has 0 aliphatic carbocycles. The van der Waals surface area contributed by atoms with Crippen LogP contribution in [0.3, 0.4) is 0 Å². The van der Waals surface area contributed by atoms with E-state index in [1.807, 2.05) is 24.3 Å². The highest BCUT2D eigenvalue weighted by atomic mass is 16.6. The molecule has 1 heterocycles. The highest BCUT2D eigenvalue weighted by Crippen LogP contribution is 2.19. The van der Waals surface area contributed by atoms with Crippen LogP contribution in [-0.2, 0) is 22.4 Å². The fourth-order valence-electron chi connectivity index (χ4n) is 2.95. The predicted octanol–water partition coefficient (Wildman–Crippen LogP) is 1.83. The molecule has 4 N–H and O–H groups in total. The molecular formula is C19H18N4O4. The lowest BCUT2D eigenvalue weighted by molar-refractivity contribution is -0.384. The number of rotatable bonds is 7. The molecule has 138 valence electrons. The Morgan fingerprint density at radius 3 is 2.70 bits per heavy atom. The Kier molecular flexibility index (Phi) is 5.16. The third kappa shape index (κ3) is 4.30. The molecule has 1 aromatic heterocycles. The molecular weight excluding hydrogens is 348 g/mol. The summed E-state index contributed by atoms with van der Waals surface area (Å²) in [6.07, 6.45) is 1.95. The number of nitrogens with two attached hydrogens (primary N) is 1. The summed E-state index contributed by atoms with van der Waals surface area (Å²) in [6.45, 7) is 0. The van der Waals surface area contributed by atoms with Gasteiger partial charge >= 0.3 is 0 Å². The third-order valence-electron chi connectivity index (χ3n) is 4.26. The quantitative estimate of drug-likeness (QED) is 0.435. The van der Waals surface area contributed by atoms with E-state index in [9.17, 15) is 19.7 Å². The van der Waals surface area contributed by atoms with Crippen LogP contribution in [0.1, 0.15) is 11.1 Å². The average Bonchev–Trinajstić information content (AvgIpc) is 3.04. The van der Waals surface area contributed by atoms with Crippen molar-refractivity contribution in [2.24, 2.45) is 5.73 Å². The second-order valence-corrected chi connectivity index (χ2v) is 6.19. The van der Waals surface area contributed by atoms with Crippen molar-refractivity contribution >= 4 is 28.4 Å². The van der Waals surface area contributed by atoms with E-state index < -0.39 is 22.8 Å². The van der Waals surface area contributed by atoms with Crippen LogP contribution < -0.4 is 11.1 Å². The maximum Gasteiger partial charge on any atom is 0.269 e. The van der Waals surface area contributed by atoms with Gasteiger partial charge < -0.3 is 16.0 Å². The van der Waals surface area contributed by atoms with E-state index >= 15 is 0 Å². The highest BCUT2D eigenvalue weighted by molar-refractivity contribution is 5.89. The van der Waals surface area contributed by atoms with E-state index in [0.29, 0.717) is 5.56 Å². The molecule has 0 saturated carbocycles. The van der Waals surface area contributed by atoms with Gasteiger partial charge in [0.2, 0.25) is 11.8 Å². The predicted molar refractivity (Wildman–Crippen MR) is 99.9 cm³/mol. The number of para-hydroxylation sites is 1. The molecule has 0 radical (unpaired) electrons. The maximum atomic E-state index is 12.3. The van der Waals surface area contributed by atoms with Gasteiger partial charge in [-0.05, 0) is 17.2 Å². The Bertz CT molecular complexity index is 1010. The summed E-state index contributed by atoms with van der Waals surface area (Å²) in [4.78, 5) is 37.5. The molecule has 27 heavy (non-hydrogen) atoms. The second-order valence-electron chi connectivity index (χ2n) is 6.19. The fourth-order valence-corrected chi connectivity index (χ4v) is 2.95. The minimum Gasteiger partial charge on any atom is -0.368 e. The van der Waals surface area contributed by atoms with Gasteiger partial charge in [0.15, 0.2) is 0 Å². The van der Waals surface area contributed by atoms with Crippen LogP contribution in [0.5, 0.6) is 0 Å². The first-order valence-corrected chi connectivity index (χ1v) is 8.31. The van der Waals surface area contributed by atoms with Gasteiger partial charge in [0.05, 0.1) is 11.3 Å². The van der Waals surface area contributed by atoms with Crippen molar-refractivity contribution in [2.75, 3.05) is 0 Å². The molecule has 3 rings (SSSR count). The van der Waals surface area contributed by atoms with E-state index in [1.165, 1.54) is 18.2 Å². The van der Waals surface area contributed by atoms with Crippen molar-refractivity contribution in [1.29, 1.82) is 0 Å². The number of carbonyl (C=O) groups is 2. The first-order valence-electron chi connectivity index (χ1n) is 8.31. The number of amides is 2. The number of fused-ring (bicyclic) bond motifs is 1. The molecule has 8 heteroatoms. The molecule has 0 aliphatic heterocycles. The topological polar surface area (TPSA) is 131 Å². The van der Waals surface area contributed by atoms with Gasteiger partial charge in [-0.3, -0.25) is 19.7 Å².